The Morgan fingerprint density at radius 2 is 1.90 bits per heavy atom. The summed E-state index contributed by atoms with van der Waals surface area (Å²) in [5.41, 5.74) is 1.50. The number of ether oxygens (including phenoxy) is 2. The van der Waals surface area contributed by atoms with Crippen LogP contribution in [0.1, 0.15) is 37.6 Å². The lowest BCUT2D eigenvalue weighted by molar-refractivity contribution is -0.121. The van der Waals surface area contributed by atoms with E-state index in [0.29, 0.717) is 29.5 Å². The van der Waals surface area contributed by atoms with E-state index >= 15 is 0 Å². The molecule has 8 nitrogen and oxygen atoms in total. The summed E-state index contributed by atoms with van der Waals surface area (Å²) in [5.74, 6) is 1.31. The lowest BCUT2D eigenvalue weighted by Crippen LogP contribution is -2.28. The molecule has 0 saturated carbocycles. The summed E-state index contributed by atoms with van der Waals surface area (Å²) in [4.78, 5) is 27.4. The number of amides is 1. The first-order valence-corrected chi connectivity index (χ1v) is 10.1. The van der Waals surface area contributed by atoms with Gasteiger partial charge < -0.3 is 19.8 Å². The third kappa shape index (κ3) is 5.69. The minimum absolute atomic E-state index is 0.116. The zero-order valence-corrected chi connectivity index (χ0v) is 17.8. The molecule has 1 aromatic heterocycles. The van der Waals surface area contributed by atoms with E-state index in [1.54, 1.807) is 25.3 Å². The Labute approximate surface area is 180 Å². The summed E-state index contributed by atoms with van der Waals surface area (Å²) in [6.45, 7) is 4.32. The fourth-order valence-electron chi connectivity index (χ4n) is 3.11. The number of nitrogens with zero attached hydrogens (tertiary/aromatic N) is 2. The van der Waals surface area contributed by atoms with E-state index in [-0.39, 0.29) is 36.0 Å². The number of nitrogens with one attached hydrogen (secondary N) is 2. The van der Waals surface area contributed by atoms with Crippen LogP contribution in [0.2, 0.25) is 0 Å². The zero-order valence-electron chi connectivity index (χ0n) is 17.8. The standard InChI is InChI=1S/C23H26N4O4/c1-4-31-19-12-10-17(14-20(19)30-3)22-25-23(29)18(26-27-22)11-13-21(28)24-15(2)16-8-6-5-7-9-16/h5-10,12,14-15H,4,11,13H2,1-3H3,(H,24,28)(H,25,27,29). The van der Waals surface area contributed by atoms with E-state index in [1.165, 1.54) is 0 Å². The Balaban J connectivity index is 1.64. The van der Waals surface area contributed by atoms with Gasteiger partial charge in [0, 0.05) is 18.4 Å². The Morgan fingerprint density at radius 3 is 2.58 bits per heavy atom. The van der Waals surface area contributed by atoms with Crippen LogP contribution in [0.5, 0.6) is 11.5 Å². The lowest BCUT2D eigenvalue weighted by Gasteiger charge is -2.14. The maximum Gasteiger partial charge on any atom is 0.273 e. The van der Waals surface area contributed by atoms with Crippen molar-refractivity contribution in [1.29, 1.82) is 0 Å². The van der Waals surface area contributed by atoms with Crippen molar-refractivity contribution < 1.29 is 14.3 Å². The molecule has 0 fully saturated rings. The normalized spacial score (nSPS) is 11.6. The summed E-state index contributed by atoms with van der Waals surface area (Å²) in [5, 5.41) is 11.1. The predicted octanol–water partition coefficient (Wildman–Crippen LogP) is 3.05. The third-order valence-electron chi connectivity index (χ3n) is 4.77. The fourth-order valence-corrected chi connectivity index (χ4v) is 3.11. The van der Waals surface area contributed by atoms with Crippen LogP contribution in [0.3, 0.4) is 0 Å². The van der Waals surface area contributed by atoms with Gasteiger partial charge in [-0.3, -0.25) is 9.59 Å². The number of hydrogen-bond acceptors (Lipinski definition) is 6. The maximum atomic E-state index is 12.4. The largest absolute Gasteiger partial charge is 0.493 e. The molecule has 0 bridgehead atoms. The van der Waals surface area contributed by atoms with Gasteiger partial charge in [0.1, 0.15) is 5.69 Å². The first-order valence-electron chi connectivity index (χ1n) is 10.1. The molecule has 2 aromatic carbocycles. The Morgan fingerprint density at radius 1 is 1.13 bits per heavy atom. The molecule has 8 heteroatoms. The molecule has 1 heterocycles. The number of rotatable bonds is 9. The minimum atomic E-state index is -0.373. The summed E-state index contributed by atoms with van der Waals surface area (Å²) in [6.07, 6.45) is 0.341. The second-order valence-electron chi connectivity index (χ2n) is 6.95. The fraction of sp³-hybridized carbons (Fsp3) is 0.304. The Bertz CT molecular complexity index is 1080. The molecular formula is C23H26N4O4. The molecule has 1 amide bonds. The van der Waals surface area contributed by atoms with E-state index in [0.717, 1.165) is 5.56 Å². The topological polar surface area (TPSA) is 106 Å². The highest BCUT2D eigenvalue weighted by Crippen LogP contribution is 2.30. The maximum absolute atomic E-state index is 12.4. The summed E-state index contributed by atoms with van der Waals surface area (Å²) < 4.78 is 10.8. The molecule has 0 aliphatic carbocycles. The molecule has 1 atom stereocenters. The van der Waals surface area contributed by atoms with Gasteiger partial charge in [0.15, 0.2) is 17.3 Å². The van der Waals surface area contributed by atoms with Crippen LogP contribution in [0.15, 0.2) is 53.3 Å². The molecule has 0 aliphatic rings. The molecular weight excluding hydrogens is 396 g/mol. The van der Waals surface area contributed by atoms with Gasteiger partial charge in [-0.25, -0.2) is 0 Å². The van der Waals surface area contributed by atoms with Gasteiger partial charge in [-0.2, -0.15) is 0 Å². The summed E-state index contributed by atoms with van der Waals surface area (Å²) >= 11 is 0. The van der Waals surface area contributed by atoms with Crippen LogP contribution in [-0.4, -0.2) is 34.8 Å². The number of H-pyrrole nitrogens is 1. The van der Waals surface area contributed by atoms with Crippen LogP contribution in [0, 0.1) is 0 Å². The van der Waals surface area contributed by atoms with Crippen molar-refractivity contribution in [3.8, 4) is 22.9 Å². The highest BCUT2D eigenvalue weighted by atomic mass is 16.5. The molecule has 0 spiro atoms. The number of aromatic nitrogens is 3. The SMILES string of the molecule is CCOc1ccc(-c2nnc(CCC(=O)NC(C)c3ccccc3)c(=O)[nH]2)cc1OC. The van der Waals surface area contributed by atoms with Gasteiger partial charge >= 0.3 is 0 Å². The molecule has 0 saturated heterocycles. The molecule has 162 valence electrons. The van der Waals surface area contributed by atoms with Crippen molar-refractivity contribution >= 4 is 5.91 Å². The molecule has 1 unspecified atom stereocenters. The zero-order chi connectivity index (χ0) is 22.2. The van der Waals surface area contributed by atoms with Gasteiger partial charge in [-0.05, 0) is 37.6 Å². The first-order chi connectivity index (χ1) is 15.0. The number of methoxy groups -OCH3 is 1. The summed E-state index contributed by atoms with van der Waals surface area (Å²) in [7, 11) is 1.54. The van der Waals surface area contributed by atoms with Crippen molar-refractivity contribution in [2.75, 3.05) is 13.7 Å². The number of aromatic amines is 1. The van der Waals surface area contributed by atoms with E-state index in [2.05, 4.69) is 20.5 Å². The van der Waals surface area contributed by atoms with Crippen LogP contribution in [0.25, 0.3) is 11.4 Å². The van der Waals surface area contributed by atoms with Crippen molar-refractivity contribution in [3.63, 3.8) is 0 Å². The van der Waals surface area contributed by atoms with Gasteiger partial charge in [-0.1, -0.05) is 30.3 Å². The number of carbonyl (C=O) groups is 1. The van der Waals surface area contributed by atoms with Crippen LogP contribution < -0.4 is 20.3 Å². The number of carbonyl (C=O) groups excluding carboxylic acids is 1. The van der Waals surface area contributed by atoms with Gasteiger partial charge in [-0.15, -0.1) is 10.2 Å². The van der Waals surface area contributed by atoms with Crippen LogP contribution >= 0.6 is 0 Å². The number of aryl methyl sites for hydroxylation is 1. The molecule has 31 heavy (non-hydrogen) atoms. The molecule has 3 rings (SSSR count). The van der Waals surface area contributed by atoms with Crippen molar-refractivity contribution in [1.82, 2.24) is 20.5 Å². The number of benzene rings is 2. The predicted molar refractivity (Wildman–Crippen MR) is 117 cm³/mol. The monoisotopic (exact) mass is 422 g/mol. The molecule has 0 aliphatic heterocycles. The van der Waals surface area contributed by atoms with E-state index in [9.17, 15) is 9.59 Å². The third-order valence-corrected chi connectivity index (χ3v) is 4.77. The minimum Gasteiger partial charge on any atom is -0.493 e. The van der Waals surface area contributed by atoms with Crippen LogP contribution in [0.4, 0.5) is 0 Å². The van der Waals surface area contributed by atoms with Crippen molar-refractivity contribution in [2.24, 2.45) is 0 Å². The molecule has 0 radical (unpaired) electrons. The first kappa shape index (κ1) is 22.0. The lowest BCUT2D eigenvalue weighted by atomic mass is 10.1. The highest BCUT2D eigenvalue weighted by Gasteiger charge is 2.13. The van der Waals surface area contributed by atoms with Crippen molar-refractivity contribution in [3.05, 3.63) is 70.1 Å². The van der Waals surface area contributed by atoms with E-state index in [1.807, 2.05) is 44.2 Å². The molecule has 2 N–H and O–H groups in total. The average molecular weight is 422 g/mol. The number of hydrogen-bond donors (Lipinski definition) is 2. The second kappa shape index (κ2) is 10.4. The van der Waals surface area contributed by atoms with Gasteiger partial charge in [0.05, 0.1) is 19.8 Å². The van der Waals surface area contributed by atoms with Gasteiger partial charge in [0.25, 0.3) is 5.56 Å². The van der Waals surface area contributed by atoms with Crippen molar-refractivity contribution in [2.45, 2.75) is 32.7 Å². The van der Waals surface area contributed by atoms with Gasteiger partial charge in [0.2, 0.25) is 5.91 Å². The Kier molecular flexibility index (Phi) is 7.37. The summed E-state index contributed by atoms with van der Waals surface area (Å²) in [6, 6.07) is 14.8. The highest BCUT2D eigenvalue weighted by molar-refractivity contribution is 5.76. The smallest absolute Gasteiger partial charge is 0.273 e. The van der Waals surface area contributed by atoms with Crippen LogP contribution in [-0.2, 0) is 11.2 Å². The van der Waals surface area contributed by atoms with E-state index in [4.69, 9.17) is 9.47 Å². The second-order valence-corrected chi connectivity index (χ2v) is 6.95. The Hall–Kier alpha value is -3.68. The quantitative estimate of drug-likeness (QED) is 0.549. The van der Waals surface area contributed by atoms with E-state index < -0.39 is 0 Å². The average Bonchev–Trinajstić information content (AvgIpc) is 2.79. The molecule has 3 aromatic rings.